The van der Waals surface area contributed by atoms with Gasteiger partial charge in [0.05, 0.1) is 6.10 Å². The first-order chi connectivity index (χ1) is 11.3. The van der Waals surface area contributed by atoms with E-state index in [0.29, 0.717) is 5.01 Å². The second-order valence-electron chi connectivity index (χ2n) is 5.66. The molecule has 0 saturated carbocycles. The number of nitrogens with zero attached hydrogens (tertiary/aromatic N) is 2. The summed E-state index contributed by atoms with van der Waals surface area (Å²) in [6.45, 7) is 5.38. The van der Waals surface area contributed by atoms with Gasteiger partial charge in [-0.2, -0.15) is 0 Å². The van der Waals surface area contributed by atoms with Crippen molar-refractivity contribution in [1.82, 2.24) is 9.88 Å². The van der Waals surface area contributed by atoms with E-state index in [1.165, 1.54) is 30.2 Å². The molecule has 0 fully saturated rings. The van der Waals surface area contributed by atoms with Crippen molar-refractivity contribution in [3.05, 3.63) is 35.3 Å². The van der Waals surface area contributed by atoms with E-state index in [2.05, 4.69) is 4.98 Å². The lowest BCUT2D eigenvalue weighted by Crippen LogP contribution is -2.40. The number of hydrogen-bond donors (Lipinski definition) is 1. The van der Waals surface area contributed by atoms with Crippen molar-refractivity contribution >= 4 is 23.2 Å². The number of thiazole rings is 1. The fourth-order valence-corrected chi connectivity index (χ4v) is 2.78. The number of amides is 1. The number of benzene rings is 1. The number of aromatic nitrogens is 1. The van der Waals surface area contributed by atoms with Crippen LogP contribution < -0.4 is 4.74 Å². The van der Waals surface area contributed by atoms with Crippen molar-refractivity contribution in [3.8, 4) is 16.3 Å². The summed E-state index contributed by atoms with van der Waals surface area (Å²) in [5.41, 5.74) is 1.12. The molecule has 24 heavy (non-hydrogen) atoms. The molecule has 2 rings (SSSR count). The summed E-state index contributed by atoms with van der Waals surface area (Å²) in [4.78, 5) is 28.8. The smallest absolute Gasteiger partial charge is 0.326 e. The van der Waals surface area contributed by atoms with E-state index < -0.39 is 17.9 Å². The van der Waals surface area contributed by atoms with Gasteiger partial charge in [-0.1, -0.05) is 0 Å². The number of hydrogen-bond acceptors (Lipinski definition) is 5. The van der Waals surface area contributed by atoms with Crippen LogP contribution in [-0.2, 0) is 4.79 Å². The molecule has 1 heterocycles. The summed E-state index contributed by atoms with van der Waals surface area (Å²) >= 11 is 1.34. The van der Waals surface area contributed by atoms with Gasteiger partial charge in [0.15, 0.2) is 0 Å². The molecule has 6 nitrogen and oxygen atoms in total. The molecule has 128 valence electrons. The summed E-state index contributed by atoms with van der Waals surface area (Å²) in [6.07, 6.45) is 0.103. The summed E-state index contributed by atoms with van der Waals surface area (Å²) < 4.78 is 5.60. The monoisotopic (exact) mass is 348 g/mol. The van der Waals surface area contributed by atoms with Gasteiger partial charge >= 0.3 is 5.97 Å². The van der Waals surface area contributed by atoms with Crippen molar-refractivity contribution in [2.24, 2.45) is 0 Å². The molecule has 1 aromatic heterocycles. The third-order valence-electron chi connectivity index (χ3n) is 3.46. The van der Waals surface area contributed by atoms with E-state index in [4.69, 9.17) is 9.84 Å². The molecule has 0 saturated heterocycles. The van der Waals surface area contributed by atoms with E-state index in [1.54, 1.807) is 5.38 Å². The van der Waals surface area contributed by atoms with Crippen LogP contribution in [0.25, 0.3) is 10.6 Å². The third-order valence-corrected chi connectivity index (χ3v) is 4.35. The molecule has 0 radical (unpaired) electrons. The first-order valence-corrected chi connectivity index (χ1v) is 8.40. The number of aliphatic carboxylic acids is 1. The molecular weight excluding hydrogens is 328 g/mol. The summed E-state index contributed by atoms with van der Waals surface area (Å²) in [7, 11) is 1.46. The molecule has 2 aromatic rings. The highest BCUT2D eigenvalue weighted by atomic mass is 32.1. The van der Waals surface area contributed by atoms with Crippen LogP contribution >= 0.6 is 11.3 Å². The van der Waals surface area contributed by atoms with Gasteiger partial charge in [0, 0.05) is 18.0 Å². The molecule has 1 N–H and O–H groups in total. The Morgan fingerprint density at radius 1 is 1.21 bits per heavy atom. The number of carbonyl (C=O) groups is 2. The Labute approximate surface area is 144 Å². The van der Waals surface area contributed by atoms with Crippen molar-refractivity contribution in [1.29, 1.82) is 0 Å². The minimum atomic E-state index is -1.05. The van der Waals surface area contributed by atoms with Crippen molar-refractivity contribution in [3.63, 3.8) is 0 Å². The maximum atomic E-state index is 12.3. The van der Waals surface area contributed by atoms with Crippen molar-refractivity contribution in [2.75, 3.05) is 7.05 Å². The highest BCUT2D eigenvalue weighted by molar-refractivity contribution is 7.13. The molecule has 0 spiro atoms. The highest BCUT2D eigenvalue weighted by Gasteiger charge is 2.24. The lowest BCUT2D eigenvalue weighted by atomic mass is 10.2. The van der Waals surface area contributed by atoms with Gasteiger partial charge in [0.2, 0.25) is 0 Å². The molecule has 1 unspecified atom stereocenters. The van der Waals surface area contributed by atoms with Crippen molar-refractivity contribution < 1.29 is 19.4 Å². The molecule has 0 aliphatic carbocycles. The number of likely N-dealkylation sites (N-methyl/N-ethyl adjacent to an activating group) is 1. The predicted molar refractivity (Wildman–Crippen MR) is 92.5 cm³/mol. The Morgan fingerprint density at radius 2 is 1.83 bits per heavy atom. The number of rotatable bonds is 6. The van der Waals surface area contributed by atoms with Crippen LogP contribution in [0.2, 0.25) is 0 Å². The van der Waals surface area contributed by atoms with E-state index in [1.807, 2.05) is 38.1 Å². The van der Waals surface area contributed by atoms with Crippen LogP contribution in [0.15, 0.2) is 29.6 Å². The van der Waals surface area contributed by atoms with E-state index in [9.17, 15) is 9.59 Å². The van der Waals surface area contributed by atoms with Crippen LogP contribution in [0.1, 0.15) is 31.3 Å². The van der Waals surface area contributed by atoms with Crippen LogP contribution in [0.5, 0.6) is 5.75 Å². The van der Waals surface area contributed by atoms with E-state index >= 15 is 0 Å². The Morgan fingerprint density at radius 3 is 2.38 bits per heavy atom. The lowest BCUT2D eigenvalue weighted by Gasteiger charge is -2.20. The molecule has 1 amide bonds. The molecule has 0 aliphatic heterocycles. The van der Waals surface area contributed by atoms with E-state index in [0.717, 1.165) is 11.3 Å². The number of ether oxygens (including phenoxy) is 1. The fraction of sp³-hybridized carbons (Fsp3) is 0.353. The molecule has 1 atom stereocenters. The van der Waals surface area contributed by atoms with Crippen LogP contribution in [-0.4, -0.2) is 46.1 Å². The SMILES string of the molecule is CC(C)Oc1ccc(-c2nc(C(=O)N(C)C(C)C(=O)O)cs2)cc1. The van der Waals surface area contributed by atoms with E-state index in [-0.39, 0.29) is 11.8 Å². The summed E-state index contributed by atoms with van der Waals surface area (Å²) in [5.74, 6) is -0.689. The summed E-state index contributed by atoms with van der Waals surface area (Å²) in [5, 5.41) is 11.3. The number of carbonyl (C=O) groups excluding carboxylic acids is 1. The first-order valence-electron chi connectivity index (χ1n) is 7.52. The average Bonchev–Trinajstić information content (AvgIpc) is 3.02. The zero-order valence-corrected chi connectivity index (χ0v) is 14.8. The minimum absolute atomic E-state index is 0.103. The molecule has 1 aromatic carbocycles. The van der Waals surface area contributed by atoms with Gasteiger partial charge < -0.3 is 14.7 Å². The lowest BCUT2D eigenvalue weighted by molar-refractivity contribution is -0.141. The first kappa shape index (κ1) is 17.9. The largest absolute Gasteiger partial charge is 0.491 e. The second-order valence-corrected chi connectivity index (χ2v) is 6.52. The zero-order chi connectivity index (χ0) is 17.9. The van der Waals surface area contributed by atoms with Crippen LogP contribution in [0, 0.1) is 0 Å². The van der Waals surface area contributed by atoms with Crippen LogP contribution in [0.4, 0.5) is 0 Å². The topological polar surface area (TPSA) is 79.7 Å². The predicted octanol–water partition coefficient (Wildman–Crippen LogP) is 3.14. The van der Waals surface area contributed by atoms with Gasteiger partial charge in [0.1, 0.15) is 22.5 Å². The Kier molecular flexibility index (Phi) is 5.56. The van der Waals surface area contributed by atoms with Gasteiger partial charge in [-0.25, -0.2) is 9.78 Å². The third kappa shape index (κ3) is 4.11. The average molecular weight is 348 g/mol. The standard InChI is InChI=1S/C17H20N2O4S/c1-10(2)23-13-7-5-12(6-8-13)15-18-14(9-24-15)16(20)19(4)11(3)17(21)22/h5-11H,1-4H3,(H,21,22). The normalized spacial score (nSPS) is 12.0. The minimum Gasteiger partial charge on any atom is -0.491 e. The van der Waals surface area contributed by atoms with Gasteiger partial charge in [-0.05, 0) is 45.0 Å². The molecule has 0 bridgehead atoms. The maximum Gasteiger partial charge on any atom is 0.326 e. The second kappa shape index (κ2) is 7.44. The summed E-state index contributed by atoms with van der Waals surface area (Å²) in [6, 6.07) is 6.58. The number of carboxylic acids is 1. The Balaban J connectivity index is 2.15. The van der Waals surface area contributed by atoms with Gasteiger partial charge in [-0.15, -0.1) is 11.3 Å². The molecular formula is C17H20N2O4S. The van der Waals surface area contributed by atoms with Gasteiger partial charge in [0.25, 0.3) is 5.91 Å². The quantitative estimate of drug-likeness (QED) is 0.867. The highest BCUT2D eigenvalue weighted by Crippen LogP contribution is 2.26. The Bertz CT molecular complexity index is 724. The van der Waals surface area contributed by atoms with Gasteiger partial charge in [-0.3, -0.25) is 4.79 Å². The molecule has 7 heteroatoms. The number of carboxylic acid groups (broad SMARTS) is 1. The maximum absolute atomic E-state index is 12.3. The van der Waals surface area contributed by atoms with Crippen molar-refractivity contribution in [2.45, 2.75) is 32.9 Å². The van der Waals surface area contributed by atoms with Crippen LogP contribution in [0.3, 0.4) is 0 Å². The Hall–Kier alpha value is -2.41. The zero-order valence-electron chi connectivity index (χ0n) is 14.0. The fourth-order valence-electron chi connectivity index (χ4n) is 1.98. The molecule has 0 aliphatic rings.